The van der Waals surface area contributed by atoms with Gasteiger partial charge in [0.15, 0.2) is 5.69 Å². The van der Waals surface area contributed by atoms with Crippen molar-refractivity contribution in [2.45, 2.75) is 32.2 Å². The van der Waals surface area contributed by atoms with Gasteiger partial charge in [0.2, 0.25) is 0 Å². The molecule has 2 heterocycles. The van der Waals surface area contributed by atoms with Crippen LogP contribution in [-0.4, -0.2) is 47.0 Å². The number of carbonyl (C=O) groups excluding carboxylic acids is 3. The van der Waals surface area contributed by atoms with Gasteiger partial charge in [-0.05, 0) is 41.8 Å². The Hall–Kier alpha value is -3.78. The second-order valence-corrected chi connectivity index (χ2v) is 7.96. The number of rotatable bonds is 6. The van der Waals surface area contributed by atoms with Crippen molar-refractivity contribution in [3.63, 3.8) is 0 Å². The number of amides is 2. The Morgan fingerprint density at radius 3 is 2.70 bits per heavy atom. The third kappa shape index (κ3) is 5.35. The van der Waals surface area contributed by atoms with Crippen LogP contribution in [0.2, 0.25) is 0 Å². The lowest BCUT2D eigenvalue weighted by molar-refractivity contribution is -0.204. The molecule has 33 heavy (non-hydrogen) atoms. The maximum absolute atomic E-state index is 13.0. The van der Waals surface area contributed by atoms with Crippen LogP contribution in [0, 0.1) is 0 Å². The van der Waals surface area contributed by atoms with Crippen molar-refractivity contribution in [2.24, 2.45) is 0 Å². The second-order valence-electron chi connectivity index (χ2n) is 7.96. The van der Waals surface area contributed by atoms with E-state index in [9.17, 15) is 14.4 Å². The fraction of sp³-hybridized carbons (Fsp3) is 0.280. The minimum absolute atomic E-state index is 0.107. The molecule has 1 unspecified atom stereocenters. The summed E-state index contributed by atoms with van der Waals surface area (Å²) in [5, 5.41) is 9.12. The standard InChI is InChI=1S/C25H26N4O4/c1-17(30)33-29-15-5-4-10-19(29)16-27-25(32)23-22(13-7-14-26-23)28-24(31)21-12-6-9-18-8-2-3-11-20(18)21/h2-3,6-9,11-14,19H,4-5,10,15-16H2,1H3,(H,27,32)(H,28,31). The monoisotopic (exact) mass is 446 g/mol. The zero-order valence-electron chi connectivity index (χ0n) is 18.4. The van der Waals surface area contributed by atoms with E-state index in [0.29, 0.717) is 24.3 Å². The van der Waals surface area contributed by atoms with Crippen LogP contribution in [-0.2, 0) is 9.63 Å². The highest BCUT2D eigenvalue weighted by Gasteiger charge is 2.26. The van der Waals surface area contributed by atoms with Crippen molar-refractivity contribution >= 4 is 34.2 Å². The highest BCUT2D eigenvalue weighted by atomic mass is 16.7. The van der Waals surface area contributed by atoms with Crippen molar-refractivity contribution in [3.05, 3.63) is 72.1 Å². The minimum Gasteiger partial charge on any atom is -0.368 e. The van der Waals surface area contributed by atoms with Crippen LogP contribution in [0.25, 0.3) is 10.8 Å². The number of piperidine rings is 1. The molecular weight excluding hydrogens is 420 g/mol. The summed E-state index contributed by atoms with van der Waals surface area (Å²) in [6, 6.07) is 16.4. The zero-order valence-corrected chi connectivity index (χ0v) is 18.4. The zero-order chi connectivity index (χ0) is 23.2. The van der Waals surface area contributed by atoms with E-state index in [-0.39, 0.29) is 23.6 Å². The molecule has 1 fully saturated rings. The number of aromatic nitrogens is 1. The average molecular weight is 447 g/mol. The highest BCUT2D eigenvalue weighted by molar-refractivity contribution is 6.14. The normalized spacial score (nSPS) is 16.2. The van der Waals surface area contributed by atoms with E-state index < -0.39 is 5.91 Å². The third-order valence-corrected chi connectivity index (χ3v) is 5.62. The predicted octanol–water partition coefficient (Wildman–Crippen LogP) is 3.55. The molecule has 3 aromatic rings. The molecule has 1 aliphatic rings. The fourth-order valence-electron chi connectivity index (χ4n) is 4.06. The van der Waals surface area contributed by atoms with Gasteiger partial charge in [-0.15, -0.1) is 5.06 Å². The molecule has 2 aromatic carbocycles. The van der Waals surface area contributed by atoms with Gasteiger partial charge in [-0.25, -0.2) is 4.98 Å². The Morgan fingerprint density at radius 1 is 1.03 bits per heavy atom. The van der Waals surface area contributed by atoms with Crippen LogP contribution in [0.1, 0.15) is 47.0 Å². The molecule has 0 spiro atoms. The number of hydrogen-bond donors (Lipinski definition) is 2. The molecule has 0 bridgehead atoms. The molecule has 0 saturated carbocycles. The lowest BCUT2D eigenvalue weighted by Gasteiger charge is -2.33. The summed E-state index contributed by atoms with van der Waals surface area (Å²) in [5.41, 5.74) is 0.969. The molecule has 1 atom stereocenters. The van der Waals surface area contributed by atoms with Gasteiger partial charge in [-0.3, -0.25) is 14.4 Å². The number of pyridine rings is 1. The first-order valence-electron chi connectivity index (χ1n) is 11.0. The van der Waals surface area contributed by atoms with Gasteiger partial charge in [0.05, 0.1) is 11.7 Å². The number of fused-ring (bicyclic) bond motifs is 1. The van der Waals surface area contributed by atoms with E-state index in [0.717, 1.165) is 30.0 Å². The van der Waals surface area contributed by atoms with Crippen molar-refractivity contribution < 1.29 is 19.2 Å². The summed E-state index contributed by atoms with van der Waals surface area (Å²) >= 11 is 0. The third-order valence-electron chi connectivity index (χ3n) is 5.62. The van der Waals surface area contributed by atoms with E-state index in [2.05, 4.69) is 15.6 Å². The molecule has 170 valence electrons. The lowest BCUT2D eigenvalue weighted by atomic mass is 10.0. The summed E-state index contributed by atoms with van der Waals surface area (Å²) in [4.78, 5) is 46.8. The Morgan fingerprint density at radius 2 is 1.85 bits per heavy atom. The molecular formula is C25H26N4O4. The predicted molar refractivity (Wildman–Crippen MR) is 125 cm³/mol. The smallest absolute Gasteiger partial charge is 0.322 e. The number of nitrogens with one attached hydrogen (secondary N) is 2. The topological polar surface area (TPSA) is 101 Å². The first-order valence-corrected chi connectivity index (χ1v) is 11.0. The molecule has 1 saturated heterocycles. The largest absolute Gasteiger partial charge is 0.368 e. The van der Waals surface area contributed by atoms with Crippen molar-refractivity contribution in [3.8, 4) is 0 Å². The van der Waals surface area contributed by atoms with Gasteiger partial charge in [0, 0.05) is 31.8 Å². The second kappa shape index (κ2) is 10.2. The molecule has 2 N–H and O–H groups in total. The van der Waals surface area contributed by atoms with Crippen molar-refractivity contribution in [2.75, 3.05) is 18.4 Å². The summed E-state index contributed by atoms with van der Waals surface area (Å²) in [7, 11) is 0. The van der Waals surface area contributed by atoms with Gasteiger partial charge >= 0.3 is 5.97 Å². The molecule has 1 aromatic heterocycles. The summed E-state index contributed by atoms with van der Waals surface area (Å²) in [6.45, 7) is 2.30. The van der Waals surface area contributed by atoms with E-state index >= 15 is 0 Å². The average Bonchev–Trinajstić information content (AvgIpc) is 2.83. The van der Waals surface area contributed by atoms with Crippen LogP contribution < -0.4 is 10.6 Å². The van der Waals surface area contributed by atoms with E-state index in [4.69, 9.17) is 4.84 Å². The number of carbonyl (C=O) groups is 3. The van der Waals surface area contributed by atoms with Crippen LogP contribution in [0.4, 0.5) is 5.69 Å². The first kappa shape index (κ1) is 22.4. The van der Waals surface area contributed by atoms with Gasteiger partial charge in [-0.1, -0.05) is 42.8 Å². The Bertz CT molecular complexity index is 1170. The quantitative estimate of drug-likeness (QED) is 0.601. The molecule has 8 heteroatoms. The molecule has 0 aliphatic carbocycles. The van der Waals surface area contributed by atoms with Crippen LogP contribution in [0.5, 0.6) is 0 Å². The molecule has 4 rings (SSSR count). The van der Waals surface area contributed by atoms with Crippen molar-refractivity contribution in [1.29, 1.82) is 0 Å². The number of anilines is 1. The van der Waals surface area contributed by atoms with E-state index in [1.165, 1.54) is 13.1 Å². The Balaban J connectivity index is 1.47. The number of hydrogen-bond acceptors (Lipinski definition) is 6. The minimum atomic E-state index is -0.405. The first-order chi connectivity index (χ1) is 16.0. The molecule has 0 radical (unpaired) electrons. The molecule has 1 aliphatic heterocycles. The maximum atomic E-state index is 13.0. The molecule has 8 nitrogen and oxygen atoms in total. The van der Waals surface area contributed by atoms with E-state index in [1.54, 1.807) is 23.3 Å². The van der Waals surface area contributed by atoms with Gasteiger partial charge in [0.25, 0.3) is 11.8 Å². The Kier molecular flexibility index (Phi) is 6.95. The SMILES string of the molecule is CC(=O)ON1CCCCC1CNC(=O)c1ncccc1NC(=O)c1cccc2ccccc12. The van der Waals surface area contributed by atoms with Crippen molar-refractivity contribution in [1.82, 2.24) is 15.4 Å². The van der Waals surface area contributed by atoms with Gasteiger partial charge in [-0.2, -0.15) is 0 Å². The lowest BCUT2D eigenvalue weighted by Crippen LogP contribution is -2.47. The van der Waals surface area contributed by atoms with Gasteiger partial charge < -0.3 is 15.5 Å². The number of benzene rings is 2. The van der Waals surface area contributed by atoms with E-state index in [1.807, 2.05) is 36.4 Å². The van der Waals surface area contributed by atoms with Crippen LogP contribution in [0.15, 0.2) is 60.8 Å². The molecule has 2 amide bonds. The van der Waals surface area contributed by atoms with Gasteiger partial charge in [0.1, 0.15) is 0 Å². The summed E-state index contributed by atoms with van der Waals surface area (Å²) < 4.78 is 0. The van der Waals surface area contributed by atoms with Crippen LogP contribution >= 0.6 is 0 Å². The summed E-state index contributed by atoms with van der Waals surface area (Å²) in [6.07, 6.45) is 4.24. The highest BCUT2D eigenvalue weighted by Crippen LogP contribution is 2.21. The van der Waals surface area contributed by atoms with Crippen LogP contribution in [0.3, 0.4) is 0 Å². The number of hydroxylamine groups is 2. The Labute approximate surface area is 191 Å². The number of nitrogens with zero attached hydrogens (tertiary/aromatic N) is 2. The fourth-order valence-corrected chi connectivity index (χ4v) is 4.06. The maximum Gasteiger partial charge on any atom is 0.322 e. The summed E-state index contributed by atoms with van der Waals surface area (Å²) in [5.74, 6) is -1.10.